The molecule has 0 bridgehead atoms. The van der Waals surface area contributed by atoms with Crippen LogP contribution in [0.4, 0.5) is 0 Å². The molecule has 3 unspecified atom stereocenters. The standard InChI is InChI=1S/C19H29NO4/c1-8-13(3)19(5,18(22)24-7)20-17(21)14(4)16-10-9-15(23-6)11-12(16)2/h9-11,13-14H,8H2,1-7H3,(H,20,21). The fraction of sp³-hybridized carbons (Fsp3) is 0.579. The van der Waals surface area contributed by atoms with Crippen molar-refractivity contribution in [3.63, 3.8) is 0 Å². The molecule has 1 amide bonds. The van der Waals surface area contributed by atoms with Crippen molar-refractivity contribution in [1.82, 2.24) is 5.32 Å². The molecule has 0 saturated carbocycles. The number of benzene rings is 1. The normalized spacial score (nSPS) is 15.8. The summed E-state index contributed by atoms with van der Waals surface area (Å²) in [4.78, 5) is 25.0. The van der Waals surface area contributed by atoms with Crippen LogP contribution in [-0.4, -0.2) is 31.6 Å². The fourth-order valence-electron chi connectivity index (χ4n) is 2.76. The third kappa shape index (κ3) is 4.08. The molecule has 134 valence electrons. The highest BCUT2D eigenvalue weighted by molar-refractivity contribution is 5.91. The van der Waals surface area contributed by atoms with Gasteiger partial charge in [-0.1, -0.05) is 26.3 Å². The van der Waals surface area contributed by atoms with Gasteiger partial charge in [-0.2, -0.15) is 0 Å². The Bertz CT molecular complexity index is 599. The van der Waals surface area contributed by atoms with Crippen molar-refractivity contribution in [1.29, 1.82) is 0 Å². The second-order valence-electron chi connectivity index (χ2n) is 6.44. The maximum Gasteiger partial charge on any atom is 0.331 e. The van der Waals surface area contributed by atoms with Crippen molar-refractivity contribution < 1.29 is 19.1 Å². The number of esters is 1. The van der Waals surface area contributed by atoms with Crippen molar-refractivity contribution in [2.75, 3.05) is 14.2 Å². The topological polar surface area (TPSA) is 64.6 Å². The van der Waals surface area contributed by atoms with Crippen LogP contribution in [0.3, 0.4) is 0 Å². The summed E-state index contributed by atoms with van der Waals surface area (Å²) in [6.45, 7) is 9.41. The van der Waals surface area contributed by atoms with Crippen LogP contribution in [0, 0.1) is 12.8 Å². The van der Waals surface area contributed by atoms with Crippen LogP contribution in [0.15, 0.2) is 18.2 Å². The predicted molar refractivity (Wildman–Crippen MR) is 94.2 cm³/mol. The Morgan fingerprint density at radius 2 is 1.88 bits per heavy atom. The quantitative estimate of drug-likeness (QED) is 0.777. The Morgan fingerprint density at radius 1 is 1.25 bits per heavy atom. The van der Waals surface area contributed by atoms with E-state index >= 15 is 0 Å². The number of aryl methyl sites for hydroxylation is 1. The Hall–Kier alpha value is -2.04. The van der Waals surface area contributed by atoms with E-state index in [0.717, 1.165) is 23.3 Å². The highest BCUT2D eigenvalue weighted by Crippen LogP contribution is 2.27. The average Bonchev–Trinajstić information content (AvgIpc) is 2.58. The molecule has 0 heterocycles. The lowest BCUT2D eigenvalue weighted by atomic mass is 9.84. The first kappa shape index (κ1) is 20.0. The van der Waals surface area contributed by atoms with Crippen molar-refractivity contribution in [2.24, 2.45) is 5.92 Å². The van der Waals surface area contributed by atoms with Crippen molar-refractivity contribution in [3.8, 4) is 5.75 Å². The van der Waals surface area contributed by atoms with Crippen LogP contribution in [-0.2, 0) is 14.3 Å². The highest BCUT2D eigenvalue weighted by atomic mass is 16.5. The molecule has 3 atom stereocenters. The fourth-order valence-corrected chi connectivity index (χ4v) is 2.76. The number of hydrogen-bond donors (Lipinski definition) is 1. The molecule has 5 nitrogen and oxygen atoms in total. The average molecular weight is 335 g/mol. The number of hydrogen-bond acceptors (Lipinski definition) is 4. The van der Waals surface area contributed by atoms with Crippen LogP contribution >= 0.6 is 0 Å². The Kier molecular flexibility index (Phi) is 6.81. The van der Waals surface area contributed by atoms with Crippen LogP contribution in [0.25, 0.3) is 0 Å². The van der Waals surface area contributed by atoms with Gasteiger partial charge in [0.25, 0.3) is 0 Å². The van der Waals surface area contributed by atoms with Gasteiger partial charge >= 0.3 is 5.97 Å². The molecular weight excluding hydrogens is 306 g/mol. The van der Waals surface area contributed by atoms with E-state index < -0.39 is 11.5 Å². The van der Waals surface area contributed by atoms with Crippen LogP contribution in [0.1, 0.15) is 51.2 Å². The number of methoxy groups -OCH3 is 2. The van der Waals surface area contributed by atoms with Crippen LogP contribution in [0.2, 0.25) is 0 Å². The maximum absolute atomic E-state index is 12.8. The van der Waals surface area contributed by atoms with Gasteiger partial charge in [-0.15, -0.1) is 0 Å². The third-order valence-electron chi connectivity index (χ3n) is 4.93. The lowest BCUT2D eigenvalue weighted by molar-refractivity contribution is -0.152. The smallest absolute Gasteiger partial charge is 0.331 e. The molecule has 0 radical (unpaired) electrons. The van der Waals surface area contributed by atoms with E-state index in [-0.39, 0.29) is 17.7 Å². The number of amides is 1. The number of nitrogens with one attached hydrogen (secondary N) is 1. The van der Waals surface area contributed by atoms with Crippen molar-refractivity contribution in [3.05, 3.63) is 29.3 Å². The van der Waals surface area contributed by atoms with E-state index in [4.69, 9.17) is 9.47 Å². The first-order valence-electron chi connectivity index (χ1n) is 8.26. The molecule has 0 aliphatic heterocycles. The molecule has 1 rings (SSSR count). The minimum absolute atomic E-state index is 0.0435. The predicted octanol–water partition coefficient (Wildman–Crippen LogP) is 3.20. The monoisotopic (exact) mass is 335 g/mol. The van der Waals surface area contributed by atoms with Gasteiger partial charge in [0, 0.05) is 0 Å². The summed E-state index contributed by atoms with van der Waals surface area (Å²) in [6, 6.07) is 5.62. The largest absolute Gasteiger partial charge is 0.497 e. The molecule has 24 heavy (non-hydrogen) atoms. The van der Waals surface area contributed by atoms with E-state index in [9.17, 15) is 9.59 Å². The zero-order chi connectivity index (χ0) is 18.5. The summed E-state index contributed by atoms with van der Waals surface area (Å²) >= 11 is 0. The Morgan fingerprint density at radius 3 is 2.33 bits per heavy atom. The summed E-state index contributed by atoms with van der Waals surface area (Å²) in [6.07, 6.45) is 0.752. The van der Waals surface area contributed by atoms with Crippen molar-refractivity contribution >= 4 is 11.9 Å². The molecule has 0 spiro atoms. The Balaban J connectivity index is 3.05. The second-order valence-corrected chi connectivity index (χ2v) is 6.44. The van der Waals surface area contributed by atoms with Crippen molar-refractivity contribution in [2.45, 2.75) is 52.5 Å². The summed E-state index contributed by atoms with van der Waals surface area (Å²) in [5.41, 5.74) is 0.833. The van der Waals surface area contributed by atoms with Gasteiger partial charge < -0.3 is 14.8 Å². The zero-order valence-electron chi connectivity index (χ0n) is 15.7. The maximum atomic E-state index is 12.8. The number of ether oxygens (including phenoxy) is 2. The first-order chi connectivity index (χ1) is 11.2. The molecule has 1 aromatic rings. The van der Waals surface area contributed by atoms with Crippen LogP contribution in [0.5, 0.6) is 5.75 Å². The summed E-state index contributed by atoms with van der Waals surface area (Å²) in [7, 11) is 2.95. The van der Waals surface area contributed by atoms with E-state index in [2.05, 4.69) is 5.32 Å². The number of carbonyl (C=O) groups excluding carboxylic acids is 2. The third-order valence-corrected chi connectivity index (χ3v) is 4.93. The minimum atomic E-state index is -1.05. The lowest BCUT2D eigenvalue weighted by Crippen LogP contribution is -2.57. The first-order valence-corrected chi connectivity index (χ1v) is 8.26. The van der Waals surface area contributed by atoms with Gasteiger partial charge in [0.15, 0.2) is 0 Å². The SMILES string of the molecule is CCC(C)C(C)(NC(=O)C(C)c1ccc(OC)cc1C)C(=O)OC. The van der Waals surface area contributed by atoms with E-state index in [1.165, 1.54) is 7.11 Å². The molecule has 0 aromatic heterocycles. The van der Waals surface area contributed by atoms with Gasteiger partial charge in [0.2, 0.25) is 5.91 Å². The van der Waals surface area contributed by atoms with E-state index in [1.807, 2.05) is 45.9 Å². The summed E-state index contributed by atoms with van der Waals surface area (Å²) in [5.74, 6) is -0.301. The molecule has 0 fully saturated rings. The van der Waals surface area contributed by atoms with Gasteiger partial charge in [-0.05, 0) is 49.9 Å². The van der Waals surface area contributed by atoms with Gasteiger partial charge in [-0.3, -0.25) is 4.79 Å². The molecule has 0 aliphatic carbocycles. The molecular formula is C19H29NO4. The summed E-state index contributed by atoms with van der Waals surface area (Å²) in [5, 5.41) is 2.90. The highest BCUT2D eigenvalue weighted by Gasteiger charge is 2.41. The van der Waals surface area contributed by atoms with Gasteiger partial charge in [0.05, 0.1) is 20.1 Å². The molecule has 0 saturated heterocycles. The number of carbonyl (C=O) groups is 2. The minimum Gasteiger partial charge on any atom is -0.497 e. The number of rotatable bonds is 7. The van der Waals surface area contributed by atoms with E-state index in [1.54, 1.807) is 14.0 Å². The Labute approximate surface area is 144 Å². The van der Waals surface area contributed by atoms with Gasteiger partial charge in [0.1, 0.15) is 11.3 Å². The molecule has 5 heteroatoms. The molecule has 0 aliphatic rings. The zero-order valence-corrected chi connectivity index (χ0v) is 15.7. The molecule has 1 N–H and O–H groups in total. The van der Waals surface area contributed by atoms with Crippen LogP contribution < -0.4 is 10.1 Å². The molecule has 1 aromatic carbocycles. The van der Waals surface area contributed by atoms with Gasteiger partial charge in [-0.25, -0.2) is 4.79 Å². The second kappa shape index (κ2) is 8.18. The summed E-state index contributed by atoms with van der Waals surface area (Å²) < 4.78 is 10.1. The van der Waals surface area contributed by atoms with E-state index in [0.29, 0.717) is 0 Å². The lowest BCUT2D eigenvalue weighted by Gasteiger charge is -2.34.